The number of hydrogen-bond acceptors (Lipinski definition) is 1. The highest BCUT2D eigenvalue weighted by atomic mass is 14.9. The molecular formula is C13H19N. The van der Waals surface area contributed by atoms with Crippen molar-refractivity contribution in [2.24, 2.45) is 0 Å². The van der Waals surface area contributed by atoms with Gasteiger partial charge in [0, 0.05) is 6.04 Å². The van der Waals surface area contributed by atoms with Gasteiger partial charge in [0.15, 0.2) is 0 Å². The fourth-order valence-corrected chi connectivity index (χ4v) is 1.33. The van der Waals surface area contributed by atoms with Gasteiger partial charge in [0.05, 0.1) is 0 Å². The maximum absolute atomic E-state index is 4.08. The maximum atomic E-state index is 4.08. The lowest BCUT2D eigenvalue weighted by atomic mass is 10.0. The molecule has 0 amide bonds. The summed E-state index contributed by atoms with van der Waals surface area (Å²) in [7, 11) is 0. The zero-order valence-corrected chi connectivity index (χ0v) is 9.09. The molecule has 1 aromatic carbocycles. The Morgan fingerprint density at radius 2 is 1.93 bits per heavy atom. The molecule has 1 heteroatoms. The minimum absolute atomic E-state index is 0.554. The van der Waals surface area contributed by atoms with Crippen molar-refractivity contribution in [2.75, 3.05) is 6.54 Å². The van der Waals surface area contributed by atoms with Gasteiger partial charge in [0.25, 0.3) is 0 Å². The third-order valence-corrected chi connectivity index (χ3v) is 2.16. The summed E-state index contributed by atoms with van der Waals surface area (Å²) in [6, 6.07) is 10.9. The van der Waals surface area contributed by atoms with Crippen LogP contribution in [0.3, 0.4) is 0 Å². The molecule has 0 spiro atoms. The summed E-state index contributed by atoms with van der Waals surface area (Å²) in [6.45, 7) is 9.40. The molecule has 0 bridgehead atoms. The van der Waals surface area contributed by atoms with Crippen LogP contribution < -0.4 is 5.32 Å². The van der Waals surface area contributed by atoms with Crippen LogP contribution in [-0.2, 0) is 0 Å². The van der Waals surface area contributed by atoms with Crippen molar-refractivity contribution < 1.29 is 0 Å². The van der Waals surface area contributed by atoms with Gasteiger partial charge in [-0.15, -0.1) is 0 Å². The third-order valence-electron chi connectivity index (χ3n) is 2.16. The molecular weight excluding hydrogens is 170 g/mol. The minimum Gasteiger partial charge on any atom is -0.314 e. The second kappa shape index (κ2) is 5.61. The Hall–Kier alpha value is -1.08. The van der Waals surface area contributed by atoms with Crippen molar-refractivity contribution in [1.29, 1.82) is 0 Å². The second-order valence-corrected chi connectivity index (χ2v) is 3.83. The average molecular weight is 189 g/mol. The van der Waals surface area contributed by atoms with Gasteiger partial charge in [-0.25, -0.2) is 0 Å². The second-order valence-electron chi connectivity index (χ2n) is 3.83. The fourth-order valence-electron chi connectivity index (χ4n) is 1.33. The highest BCUT2D eigenvalue weighted by Gasteiger charge is 1.98. The molecule has 1 N–H and O–H groups in total. The molecule has 0 saturated heterocycles. The predicted octanol–water partition coefficient (Wildman–Crippen LogP) is 3.09. The lowest BCUT2D eigenvalue weighted by Crippen LogP contribution is -2.23. The van der Waals surface area contributed by atoms with Crippen molar-refractivity contribution in [3.05, 3.63) is 42.5 Å². The number of benzene rings is 1. The Bertz CT molecular complexity index is 275. The summed E-state index contributed by atoms with van der Waals surface area (Å²) in [5, 5.41) is 3.39. The number of nitrogens with one attached hydrogen (secondary N) is 1. The largest absolute Gasteiger partial charge is 0.314 e. The van der Waals surface area contributed by atoms with Crippen LogP contribution >= 0.6 is 0 Å². The third kappa shape index (κ3) is 3.75. The molecule has 0 heterocycles. The topological polar surface area (TPSA) is 12.0 Å². The number of hydrogen-bond donors (Lipinski definition) is 1. The quantitative estimate of drug-likeness (QED) is 0.750. The van der Waals surface area contributed by atoms with E-state index in [9.17, 15) is 0 Å². The molecule has 0 aliphatic heterocycles. The van der Waals surface area contributed by atoms with Gasteiger partial charge in [-0.1, -0.05) is 50.8 Å². The van der Waals surface area contributed by atoms with Crippen LogP contribution in [0.2, 0.25) is 0 Å². The van der Waals surface area contributed by atoms with E-state index in [-0.39, 0.29) is 0 Å². The van der Waals surface area contributed by atoms with Crippen LogP contribution in [0.15, 0.2) is 36.9 Å². The summed E-state index contributed by atoms with van der Waals surface area (Å²) in [6.07, 6.45) is 1.02. The molecule has 76 valence electrons. The van der Waals surface area contributed by atoms with Gasteiger partial charge in [0.1, 0.15) is 0 Å². The molecule has 14 heavy (non-hydrogen) atoms. The molecule has 1 aromatic rings. The predicted molar refractivity (Wildman–Crippen MR) is 63.2 cm³/mol. The van der Waals surface area contributed by atoms with Crippen molar-refractivity contribution in [3.8, 4) is 0 Å². The Morgan fingerprint density at radius 1 is 1.29 bits per heavy atom. The monoisotopic (exact) mass is 189 g/mol. The lowest BCUT2D eigenvalue weighted by molar-refractivity contribution is 0.598. The Kier molecular flexibility index (Phi) is 4.41. The summed E-state index contributed by atoms with van der Waals surface area (Å²) in [5.74, 6) is 0. The van der Waals surface area contributed by atoms with Gasteiger partial charge in [-0.3, -0.25) is 0 Å². The van der Waals surface area contributed by atoms with E-state index in [0.29, 0.717) is 6.04 Å². The van der Waals surface area contributed by atoms with Crippen LogP contribution in [0.1, 0.15) is 25.8 Å². The van der Waals surface area contributed by atoms with Crippen molar-refractivity contribution in [3.63, 3.8) is 0 Å². The van der Waals surface area contributed by atoms with Gasteiger partial charge >= 0.3 is 0 Å². The number of rotatable bonds is 5. The summed E-state index contributed by atoms with van der Waals surface area (Å²) >= 11 is 0. The van der Waals surface area contributed by atoms with Crippen LogP contribution in [-0.4, -0.2) is 12.6 Å². The van der Waals surface area contributed by atoms with Crippen LogP contribution in [0, 0.1) is 0 Å². The van der Waals surface area contributed by atoms with Crippen molar-refractivity contribution in [1.82, 2.24) is 5.32 Å². The molecule has 0 aliphatic carbocycles. The molecule has 0 aliphatic rings. The normalized spacial score (nSPS) is 10.5. The molecule has 0 saturated carbocycles. The van der Waals surface area contributed by atoms with E-state index < -0.39 is 0 Å². The van der Waals surface area contributed by atoms with E-state index in [1.54, 1.807) is 0 Å². The van der Waals surface area contributed by atoms with E-state index in [1.165, 1.54) is 11.1 Å². The van der Waals surface area contributed by atoms with E-state index >= 15 is 0 Å². The first-order chi connectivity index (χ1) is 6.70. The van der Waals surface area contributed by atoms with Gasteiger partial charge < -0.3 is 5.32 Å². The zero-order valence-electron chi connectivity index (χ0n) is 9.09. The zero-order chi connectivity index (χ0) is 10.4. The van der Waals surface area contributed by atoms with E-state index in [4.69, 9.17) is 0 Å². The standard InChI is InChI=1S/C13H19N/c1-11(2)14-10-9-12(3)13-7-5-4-6-8-13/h4-8,11,14H,3,9-10H2,1-2H3. The van der Waals surface area contributed by atoms with E-state index in [2.05, 4.69) is 50.0 Å². The Morgan fingerprint density at radius 3 is 2.50 bits per heavy atom. The molecule has 1 nitrogen and oxygen atoms in total. The minimum atomic E-state index is 0.554. The molecule has 0 unspecified atom stereocenters. The summed E-state index contributed by atoms with van der Waals surface area (Å²) in [4.78, 5) is 0. The highest BCUT2D eigenvalue weighted by molar-refractivity contribution is 5.63. The van der Waals surface area contributed by atoms with Crippen molar-refractivity contribution in [2.45, 2.75) is 26.3 Å². The van der Waals surface area contributed by atoms with Crippen LogP contribution in [0.4, 0.5) is 0 Å². The summed E-state index contributed by atoms with van der Waals surface area (Å²) in [5.41, 5.74) is 2.46. The van der Waals surface area contributed by atoms with Gasteiger partial charge in [-0.2, -0.15) is 0 Å². The molecule has 1 rings (SSSR count). The first-order valence-electron chi connectivity index (χ1n) is 5.16. The summed E-state index contributed by atoms with van der Waals surface area (Å²) < 4.78 is 0. The highest BCUT2D eigenvalue weighted by Crippen LogP contribution is 2.14. The van der Waals surface area contributed by atoms with Gasteiger partial charge in [-0.05, 0) is 24.1 Å². The fraction of sp³-hybridized carbons (Fsp3) is 0.385. The lowest BCUT2D eigenvalue weighted by Gasteiger charge is -2.09. The van der Waals surface area contributed by atoms with Crippen molar-refractivity contribution >= 4 is 5.57 Å². The maximum Gasteiger partial charge on any atom is 0.00105 e. The molecule has 0 atom stereocenters. The van der Waals surface area contributed by atoms with Crippen LogP contribution in [0.25, 0.3) is 5.57 Å². The Balaban J connectivity index is 2.36. The van der Waals surface area contributed by atoms with Gasteiger partial charge in [0.2, 0.25) is 0 Å². The average Bonchev–Trinajstić information content (AvgIpc) is 2.18. The SMILES string of the molecule is C=C(CCNC(C)C)c1ccccc1. The molecule has 0 fully saturated rings. The first kappa shape index (κ1) is 11.0. The first-order valence-corrected chi connectivity index (χ1v) is 5.16. The Labute approximate surface area is 86.8 Å². The van der Waals surface area contributed by atoms with Crippen LogP contribution in [0.5, 0.6) is 0 Å². The smallest absolute Gasteiger partial charge is 0.00105 e. The molecule has 0 radical (unpaired) electrons. The van der Waals surface area contributed by atoms with E-state index in [1.807, 2.05) is 6.07 Å². The molecule has 0 aromatic heterocycles. The van der Waals surface area contributed by atoms with E-state index in [0.717, 1.165) is 13.0 Å².